The van der Waals surface area contributed by atoms with Crippen molar-refractivity contribution in [2.75, 3.05) is 20.2 Å². The van der Waals surface area contributed by atoms with E-state index < -0.39 is 0 Å². The van der Waals surface area contributed by atoms with E-state index in [1.165, 1.54) is 5.56 Å². The van der Waals surface area contributed by atoms with Gasteiger partial charge in [-0.1, -0.05) is 30.3 Å². The number of nitrogens with zero attached hydrogens (tertiary/aromatic N) is 1. The Morgan fingerprint density at radius 2 is 2.17 bits per heavy atom. The lowest BCUT2D eigenvalue weighted by molar-refractivity contribution is -0.132. The third-order valence-electron chi connectivity index (χ3n) is 3.68. The molecule has 2 atom stereocenters. The van der Waals surface area contributed by atoms with Crippen molar-refractivity contribution in [3.05, 3.63) is 35.9 Å². The molecular weight excluding hydrogens is 226 g/mol. The fourth-order valence-electron chi connectivity index (χ4n) is 2.44. The first kappa shape index (κ1) is 13.1. The van der Waals surface area contributed by atoms with Crippen LogP contribution in [0.1, 0.15) is 31.2 Å². The smallest absolute Gasteiger partial charge is 0.225 e. The summed E-state index contributed by atoms with van der Waals surface area (Å²) >= 11 is 0. The molecule has 18 heavy (non-hydrogen) atoms. The lowest BCUT2D eigenvalue weighted by atomic mass is 9.99. The predicted octanol–water partition coefficient (Wildman–Crippen LogP) is 2.43. The fraction of sp³-hybridized carbons (Fsp3) is 0.533. The number of amides is 1. The van der Waals surface area contributed by atoms with Gasteiger partial charge in [0.1, 0.15) is 0 Å². The highest BCUT2D eigenvalue weighted by Crippen LogP contribution is 2.27. The first-order valence-electron chi connectivity index (χ1n) is 6.56. The van der Waals surface area contributed by atoms with Gasteiger partial charge in [-0.05, 0) is 18.9 Å². The van der Waals surface area contributed by atoms with Gasteiger partial charge in [0.15, 0.2) is 0 Å². The van der Waals surface area contributed by atoms with Crippen LogP contribution >= 0.6 is 0 Å². The standard InChI is InChI=1S/C15H21NO2/c1-12(18-2)10-15(17)16-9-8-14(11-16)13-6-4-3-5-7-13/h3-7,12,14H,8-11H2,1-2H3. The van der Waals surface area contributed by atoms with Crippen LogP contribution in [0.25, 0.3) is 0 Å². The molecule has 1 aliphatic heterocycles. The minimum absolute atomic E-state index is 0.00766. The molecule has 0 spiro atoms. The number of carbonyl (C=O) groups excluding carboxylic acids is 1. The first-order valence-corrected chi connectivity index (χ1v) is 6.56. The Balaban J connectivity index is 1.90. The molecule has 1 aromatic rings. The van der Waals surface area contributed by atoms with E-state index in [9.17, 15) is 4.79 Å². The molecule has 2 unspecified atom stereocenters. The van der Waals surface area contributed by atoms with Crippen LogP contribution in [-0.4, -0.2) is 37.1 Å². The van der Waals surface area contributed by atoms with Gasteiger partial charge in [-0.3, -0.25) is 4.79 Å². The summed E-state index contributed by atoms with van der Waals surface area (Å²) in [5, 5.41) is 0. The Bertz CT molecular complexity index is 391. The molecule has 1 amide bonds. The van der Waals surface area contributed by atoms with E-state index >= 15 is 0 Å². The molecule has 1 aromatic carbocycles. The number of hydrogen-bond acceptors (Lipinski definition) is 2. The number of hydrogen-bond donors (Lipinski definition) is 0. The summed E-state index contributed by atoms with van der Waals surface area (Å²) in [6, 6.07) is 10.5. The topological polar surface area (TPSA) is 29.5 Å². The highest BCUT2D eigenvalue weighted by molar-refractivity contribution is 5.77. The van der Waals surface area contributed by atoms with Gasteiger partial charge in [0.2, 0.25) is 5.91 Å². The zero-order chi connectivity index (χ0) is 13.0. The lowest BCUT2D eigenvalue weighted by Gasteiger charge is -2.18. The van der Waals surface area contributed by atoms with Crippen LogP contribution in [0.15, 0.2) is 30.3 Å². The van der Waals surface area contributed by atoms with Gasteiger partial charge in [-0.2, -0.15) is 0 Å². The van der Waals surface area contributed by atoms with Gasteiger partial charge in [0.05, 0.1) is 12.5 Å². The second kappa shape index (κ2) is 6.01. The maximum Gasteiger partial charge on any atom is 0.225 e. The Morgan fingerprint density at radius 3 is 2.83 bits per heavy atom. The molecule has 0 saturated carbocycles. The molecule has 0 N–H and O–H groups in total. The second-order valence-electron chi connectivity index (χ2n) is 4.99. The van der Waals surface area contributed by atoms with Crippen molar-refractivity contribution in [1.29, 1.82) is 0 Å². The first-order chi connectivity index (χ1) is 8.70. The van der Waals surface area contributed by atoms with E-state index in [4.69, 9.17) is 4.74 Å². The summed E-state index contributed by atoms with van der Waals surface area (Å²) in [5.41, 5.74) is 1.34. The lowest BCUT2D eigenvalue weighted by Crippen LogP contribution is -2.31. The number of methoxy groups -OCH3 is 1. The summed E-state index contributed by atoms with van der Waals surface area (Å²) < 4.78 is 5.14. The highest BCUT2D eigenvalue weighted by atomic mass is 16.5. The maximum absolute atomic E-state index is 12.0. The summed E-state index contributed by atoms with van der Waals surface area (Å²) in [5.74, 6) is 0.704. The molecule has 0 aliphatic carbocycles. The summed E-state index contributed by atoms with van der Waals surface area (Å²) in [6.45, 7) is 3.65. The Hall–Kier alpha value is -1.35. The van der Waals surface area contributed by atoms with E-state index in [0.29, 0.717) is 12.3 Å². The molecule has 0 bridgehead atoms. The number of carbonyl (C=O) groups is 1. The minimum Gasteiger partial charge on any atom is -0.381 e. The van der Waals surface area contributed by atoms with Crippen molar-refractivity contribution < 1.29 is 9.53 Å². The van der Waals surface area contributed by atoms with Crippen LogP contribution in [0.5, 0.6) is 0 Å². The highest BCUT2D eigenvalue weighted by Gasteiger charge is 2.27. The number of ether oxygens (including phenoxy) is 1. The molecule has 1 aliphatic rings. The van der Waals surface area contributed by atoms with E-state index in [2.05, 4.69) is 24.3 Å². The molecule has 3 nitrogen and oxygen atoms in total. The molecule has 98 valence electrons. The fourth-order valence-corrected chi connectivity index (χ4v) is 2.44. The van der Waals surface area contributed by atoms with Gasteiger partial charge in [-0.25, -0.2) is 0 Å². The van der Waals surface area contributed by atoms with E-state index in [1.807, 2.05) is 17.9 Å². The molecule has 1 heterocycles. The second-order valence-corrected chi connectivity index (χ2v) is 4.99. The van der Waals surface area contributed by atoms with Crippen LogP contribution in [0.4, 0.5) is 0 Å². The number of likely N-dealkylation sites (tertiary alicyclic amines) is 1. The van der Waals surface area contributed by atoms with Gasteiger partial charge in [-0.15, -0.1) is 0 Å². The largest absolute Gasteiger partial charge is 0.381 e. The third kappa shape index (κ3) is 3.10. The number of benzene rings is 1. The molecule has 0 radical (unpaired) electrons. The van der Waals surface area contributed by atoms with E-state index in [1.54, 1.807) is 7.11 Å². The molecular formula is C15H21NO2. The molecule has 1 fully saturated rings. The van der Waals surface area contributed by atoms with Gasteiger partial charge >= 0.3 is 0 Å². The summed E-state index contributed by atoms with van der Waals surface area (Å²) in [4.78, 5) is 14.0. The maximum atomic E-state index is 12.0. The van der Waals surface area contributed by atoms with Crippen molar-refractivity contribution >= 4 is 5.91 Å². The van der Waals surface area contributed by atoms with Crippen LogP contribution in [-0.2, 0) is 9.53 Å². The van der Waals surface area contributed by atoms with E-state index in [0.717, 1.165) is 19.5 Å². The van der Waals surface area contributed by atoms with Crippen molar-refractivity contribution in [3.8, 4) is 0 Å². The number of rotatable bonds is 4. The molecule has 3 heteroatoms. The van der Waals surface area contributed by atoms with Gasteiger partial charge in [0, 0.05) is 26.1 Å². The van der Waals surface area contributed by atoms with Crippen molar-refractivity contribution in [2.45, 2.75) is 31.8 Å². The average Bonchev–Trinajstić information content (AvgIpc) is 2.89. The molecule has 1 saturated heterocycles. The Labute approximate surface area is 109 Å². The zero-order valence-corrected chi connectivity index (χ0v) is 11.1. The monoisotopic (exact) mass is 247 g/mol. The van der Waals surface area contributed by atoms with Crippen LogP contribution in [0.2, 0.25) is 0 Å². The normalized spacial score (nSPS) is 21.0. The van der Waals surface area contributed by atoms with Crippen molar-refractivity contribution in [1.82, 2.24) is 4.90 Å². The van der Waals surface area contributed by atoms with Gasteiger partial charge < -0.3 is 9.64 Å². The Kier molecular flexibility index (Phi) is 4.37. The summed E-state index contributed by atoms with van der Waals surface area (Å²) in [7, 11) is 1.65. The average molecular weight is 247 g/mol. The predicted molar refractivity (Wildman–Crippen MR) is 71.5 cm³/mol. The van der Waals surface area contributed by atoms with Gasteiger partial charge in [0.25, 0.3) is 0 Å². The van der Waals surface area contributed by atoms with Crippen LogP contribution in [0, 0.1) is 0 Å². The zero-order valence-electron chi connectivity index (χ0n) is 11.1. The van der Waals surface area contributed by atoms with Crippen LogP contribution < -0.4 is 0 Å². The van der Waals surface area contributed by atoms with E-state index in [-0.39, 0.29) is 12.0 Å². The van der Waals surface area contributed by atoms with Crippen molar-refractivity contribution in [3.63, 3.8) is 0 Å². The third-order valence-corrected chi connectivity index (χ3v) is 3.68. The molecule has 2 rings (SSSR count). The molecule has 0 aromatic heterocycles. The van der Waals surface area contributed by atoms with Crippen LogP contribution in [0.3, 0.4) is 0 Å². The quantitative estimate of drug-likeness (QED) is 0.818. The SMILES string of the molecule is COC(C)CC(=O)N1CCC(c2ccccc2)C1. The minimum atomic E-state index is 0.00766. The van der Waals surface area contributed by atoms with Crippen molar-refractivity contribution in [2.24, 2.45) is 0 Å². The summed E-state index contributed by atoms with van der Waals surface area (Å²) in [6.07, 6.45) is 1.56. The Morgan fingerprint density at radius 1 is 1.44 bits per heavy atom.